The van der Waals surface area contributed by atoms with Gasteiger partial charge in [-0.2, -0.15) is 4.98 Å². The number of aromatic nitrogens is 3. The van der Waals surface area contributed by atoms with Crippen molar-refractivity contribution in [2.45, 2.75) is 25.8 Å². The summed E-state index contributed by atoms with van der Waals surface area (Å²) >= 11 is 0. The second kappa shape index (κ2) is 6.16. The average molecular weight is 320 g/mol. The van der Waals surface area contributed by atoms with Gasteiger partial charge in [-0.25, -0.2) is 0 Å². The standard InChI is InChI=1S/C13H16N6O4/c1-7-5-9(17-22-7)15-10(20)6-19-4-2-3-8(19)13-16-12(11(14)21)18-23-13/h5,8H,2-4,6H2,1H3,(H2,14,21)(H,15,17,20)/t8-/m0/s1. The van der Waals surface area contributed by atoms with Gasteiger partial charge in [0.05, 0.1) is 12.6 Å². The van der Waals surface area contributed by atoms with Crippen molar-refractivity contribution in [3.63, 3.8) is 0 Å². The van der Waals surface area contributed by atoms with Gasteiger partial charge in [-0.3, -0.25) is 14.5 Å². The number of nitrogens with one attached hydrogen (secondary N) is 1. The van der Waals surface area contributed by atoms with Crippen LogP contribution in [-0.4, -0.2) is 45.1 Å². The maximum absolute atomic E-state index is 12.1. The quantitative estimate of drug-likeness (QED) is 0.798. The first-order chi connectivity index (χ1) is 11.0. The van der Waals surface area contributed by atoms with Crippen LogP contribution in [0.5, 0.6) is 0 Å². The van der Waals surface area contributed by atoms with Crippen molar-refractivity contribution in [1.29, 1.82) is 0 Å². The highest BCUT2D eigenvalue weighted by Crippen LogP contribution is 2.30. The molecule has 0 aliphatic carbocycles. The molecular weight excluding hydrogens is 304 g/mol. The van der Waals surface area contributed by atoms with E-state index in [4.69, 9.17) is 14.8 Å². The van der Waals surface area contributed by atoms with Gasteiger partial charge in [0.15, 0.2) is 5.82 Å². The molecule has 0 bridgehead atoms. The minimum Gasteiger partial charge on any atom is -0.363 e. The van der Waals surface area contributed by atoms with Crippen LogP contribution in [0.25, 0.3) is 0 Å². The van der Waals surface area contributed by atoms with E-state index in [1.165, 1.54) is 0 Å². The number of hydrogen-bond donors (Lipinski definition) is 2. The van der Waals surface area contributed by atoms with Crippen LogP contribution < -0.4 is 11.1 Å². The largest absolute Gasteiger partial charge is 0.363 e. The van der Waals surface area contributed by atoms with Crippen molar-refractivity contribution in [1.82, 2.24) is 20.2 Å². The number of aryl methyl sites for hydroxylation is 1. The van der Waals surface area contributed by atoms with Crippen LogP contribution in [0.15, 0.2) is 15.1 Å². The molecule has 10 nitrogen and oxygen atoms in total. The average Bonchev–Trinajstić information content (AvgIpc) is 3.19. The minimum absolute atomic E-state index is 0.144. The van der Waals surface area contributed by atoms with Crippen molar-refractivity contribution in [3.8, 4) is 0 Å². The summed E-state index contributed by atoms with van der Waals surface area (Å²) in [6, 6.07) is 1.43. The van der Waals surface area contributed by atoms with Gasteiger partial charge < -0.3 is 20.1 Å². The Kier molecular flexibility index (Phi) is 4.06. The highest BCUT2D eigenvalue weighted by atomic mass is 16.5. The molecule has 0 radical (unpaired) electrons. The second-order valence-corrected chi connectivity index (χ2v) is 5.32. The second-order valence-electron chi connectivity index (χ2n) is 5.32. The van der Waals surface area contributed by atoms with Gasteiger partial charge in [0.2, 0.25) is 11.8 Å². The van der Waals surface area contributed by atoms with Crippen LogP contribution in [0.2, 0.25) is 0 Å². The Morgan fingerprint density at radius 2 is 2.26 bits per heavy atom. The summed E-state index contributed by atoms with van der Waals surface area (Å²) in [5.74, 6) is 0.153. The summed E-state index contributed by atoms with van der Waals surface area (Å²) in [6.45, 7) is 2.60. The predicted octanol–water partition coefficient (Wildman–Crippen LogP) is 0.241. The number of nitrogens with two attached hydrogens (primary N) is 1. The molecule has 2 aromatic heterocycles. The number of anilines is 1. The number of hydrogen-bond acceptors (Lipinski definition) is 8. The van der Waals surface area contributed by atoms with E-state index in [0.717, 1.165) is 12.8 Å². The Balaban J connectivity index is 1.64. The number of rotatable bonds is 5. The maximum atomic E-state index is 12.1. The molecule has 3 heterocycles. The third-order valence-corrected chi connectivity index (χ3v) is 3.55. The number of nitrogens with zero attached hydrogens (tertiary/aromatic N) is 4. The Labute approximate surface area is 131 Å². The Morgan fingerprint density at radius 1 is 1.43 bits per heavy atom. The van der Waals surface area contributed by atoms with Gasteiger partial charge in [0.1, 0.15) is 5.76 Å². The van der Waals surface area contributed by atoms with E-state index < -0.39 is 5.91 Å². The molecule has 1 fully saturated rings. The number of carbonyl (C=O) groups excluding carboxylic acids is 2. The monoisotopic (exact) mass is 320 g/mol. The van der Waals surface area contributed by atoms with Gasteiger partial charge >= 0.3 is 0 Å². The highest BCUT2D eigenvalue weighted by Gasteiger charge is 2.32. The number of amides is 2. The van der Waals surface area contributed by atoms with Gasteiger partial charge in [0.25, 0.3) is 11.7 Å². The zero-order chi connectivity index (χ0) is 16.4. The minimum atomic E-state index is -0.747. The van der Waals surface area contributed by atoms with Crippen LogP contribution in [0.3, 0.4) is 0 Å². The summed E-state index contributed by atoms with van der Waals surface area (Å²) in [7, 11) is 0. The lowest BCUT2D eigenvalue weighted by atomic mass is 10.2. The first kappa shape index (κ1) is 15.2. The molecule has 1 atom stereocenters. The van der Waals surface area contributed by atoms with Gasteiger partial charge in [0, 0.05) is 6.07 Å². The summed E-state index contributed by atoms with van der Waals surface area (Å²) in [4.78, 5) is 29.0. The molecule has 2 amide bonds. The molecule has 0 unspecified atom stereocenters. The summed E-state index contributed by atoms with van der Waals surface area (Å²) in [5.41, 5.74) is 5.11. The van der Waals surface area contributed by atoms with Crippen molar-refractivity contribution in [3.05, 3.63) is 23.5 Å². The molecule has 0 spiro atoms. The molecule has 1 saturated heterocycles. The summed E-state index contributed by atoms with van der Waals surface area (Å²) in [5, 5.41) is 9.91. The highest BCUT2D eigenvalue weighted by molar-refractivity contribution is 5.91. The lowest BCUT2D eigenvalue weighted by molar-refractivity contribution is -0.117. The summed E-state index contributed by atoms with van der Waals surface area (Å²) < 4.78 is 9.98. The summed E-state index contributed by atoms with van der Waals surface area (Å²) in [6.07, 6.45) is 1.64. The van der Waals surface area contributed by atoms with E-state index in [0.29, 0.717) is 24.0 Å². The van der Waals surface area contributed by atoms with E-state index in [2.05, 4.69) is 20.6 Å². The Hall–Kier alpha value is -2.75. The van der Waals surface area contributed by atoms with Crippen molar-refractivity contribution in [2.24, 2.45) is 5.73 Å². The van der Waals surface area contributed by atoms with Crippen LogP contribution in [0.1, 0.15) is 41.2 Å². The maximum Gasteiger partial charge on any atom is 0.290 e. The first-order valence-electron chi connectivity index (χ1n) is 7.13. The fourth-order valence-electron chi connectivity index (χ4n) is 2.56. The molecule has 1 aliphatic heterocycles. The molecule has 122 valence electrons. The third kappa shape index (κ3) is 3.37. The molecule has 1 aliphatic rings. The van der Waals surface area contributed by atoms with Gasteiger partial charge in [-0.1, -0.05) is 10.3 Å². The molecular formula is C13H16N6O4. The molecule has 0 saturated carbocycles. The fourth-order valence-corrected chi connectivity index (χ4v) is 2.56. The van der Waals surface area contributed by atoms with Crippen LogP contribution in [0, 0.1) is 6.92 Å². The lowest BCUT2D eigenvalue weighted by Crippen LogP contribution is -2.33. The molecule has 23 heavy (non-hydrogen) atoms. The topological polar surface area (TPSA) is 140 Å². The molecule has 2 aromatic rings. The SMILES string of the molecule is Cc1cc(NC(=O)CN2CCC[C@H]2c2nc(C(N)=O)no2)no1. The fraction of sp³-hybridized carbons (Fsp3) is 0.462. The third-order valence-electron chi connectivity index (χ3n) is 3.55. The Bertz CT molecular complexity index is 724. The molecule has 3 rings (SSSR count). The number of carbonyl (C=O) groups is 2. The molecule has 0 aromatic carbocycles. The first-order valence-corrected chi connectivity index (χ1v) is 7.13. The van der Waals surface area contributed by atoms with E-state index in [-0.39, 0.29) is 24.3 Å². The van der Waals surface area contributed by atoms with Crippen molar-refractivity contribution < 1.29 is 18.6 Å². The zero-order valence-corrected chi connectivity index (χ0v) is 12.5. The van der Waals surface area contributed by atoms with E-state index in [1.54, 1.807) is 13.0 Å². The van der Waals surface area contributed by atoms with Crippen LogP contribution in [0.4, 0.5) is 5.82 Å². The van der Waals surface area contributed by atoms with E-state index in [1.807, 2.05) is 4.90 Å². The number of likely N-dealkylation sites (tertiary alicyclic amines) is 1. The molecule has 10 heteroatoms. The van der Waals surface area contributed by atoms with Crippen LogP contribution in [-0.2, 0) is 4.79 Å². The van der Waals surface area contributed by atoms with Crippen LogP contribution >= 0.6 is 0 Å². The molecule has 3 N–H and O–H groups in total. The van der Waals surface area contributed by atoms with Gasteiger partial charge in [-0.15, -0.1) is 0 Å². The van der Waals surface area contributed by atoms with Gasteiger partial charge in [-0.05, 0) is 26.3 Å². The van der Waals surface area contributed by atoms with Crippen molar-refractivity contribution >= 4 is 17.6 Å². The zero-order valence-electron chi connectivity index (χ0n) is 12.5. The normalized spacial score (nSPS) is 18.2. The van der Waals surface area contributed by atoms with E-state index in [9.17, 15) is 9.59 Å². The Morgan fingerprint density at radius 3 is 2.91 bits per heavy atom. The smallest absolute Gasteiger partial charge is 0.290 e. The van der Waals surface area contributed by atoms with Crippen molar-refractivity contribution in [2.75, 3.05) is 18.4 Å². The lowest BCUT2D eigenvalue weighted by Gasteiger charge is -2.20. The predicted molar refractivity (Wildman–Crippen MR) is 76.2 cm³/mol. The van der Waals surface area contributed by atoms with E-state index >= 15 is 0 Å². The number of primary amides is 1.